The van der Waals surface area contributed by atoms with Gasteiger partial charge in [-0.15, -0.1) is 0 Å². The Morgan fingerprint density at radius 1 is 0.944 bits per heavy atom. The molecule has 0 unspecified atom stereocenters. The number of benzene rings is 1. The zero-order valence-electron chi connectivity index (χ0n) is 12.6. The van der Waals surface area contributed by atoms with E-state index in [4.69, 9.17) is 0 Å². The summed E-state index contributed by atoms with van der Waals surface area (Å²) >= 11 is -1.53. The monoisotopic (exact) mass is 349 g/mol. The third-order valence-electron chi connectivity index (χ3n) is 3.67. The van der Waals surface area contributed by atoms with Crippen molar-refractivity contribution in [3.05, 3.63) is 24.3 Å². The van der Waals surface area contributed by atoms with Gasteiger partial charge in [-0.1, -0.05) is 0 Å². The molecule has 0 saturated heterocycles. The Hall–Kier alpha value is -0.110. The molecule has 18 heavy (non-hydrogen) atoms. The van der Waals surface area contributed by atoms with Gasteiger partial charge in [0.05, 0.1) is 0 Å². The van der Waals surface area contributed by atoms with Crippen molar-refractivity contribution in [3.63, 3.8) is 0 Å². The van der Waals surface area contributed by atoms with E-state index in [-0.39, 0.29) is 0 Å². The summed E-state index contributed by atoms with van der Waals surface area (Å²) < 4.78 is 4.85. The Bertz CT molecular complexity index is 328. The maximum atomic E-state index is 2.42. The van der Waals surface area contributed by atoms with Crippen LogP contribution < -0.4 is 8.22 Å². The van der Waals surface area contributed by atoms with Crippen molar-refractivity contribution in [2.24, 2.45) is 0 Å². The van der Waals surface area contributed by atoms with Crippen LogP contribution in [0, 0.1) is 0 Å². The molecule has 0 radical (unpaired) electrons. The second-order valence-electron chi connectivity index (χ2n) is 5.43. The Morgan fingerprint density at radius 2 is 1.50 bits per heavy atom. The molecule has 0 N–H and O–H groups in total. The minimum absolute atomic E-state index is 1.35. The number of rotatable bonds is 8. The molecule has 1 rings (SSSR count). The first-order valence-corrected chi connectivity index (χ1v) is 13.8. The third kappa shape index (κ3) is 4.87. The zero-order valence-corrected chi connectivity index (χ0v) is 15.9. The van der Waals surface area contributed by atoms with Crippen LogP contribution in [0.2, 0.25) is 8.35 Å². The van der Waals surface area contributed by atoms with Crippen LogP contribution in [0.4, 0.5) is 5.69 Å². The van der Waals surface area contributed by atoms with Crippen molar-refractivity contribution in [1.82, 2.24) is 0 Å². The van der Waals surface area contributed by atoms with Crippen molar-refractivity contribution in [2.75, 3.05) is 19.0 Å². The second-order valence-corrected chi connectivity index (χ2v) is 14.5. The van der Waals surface area contributed by atoms with Crippen LogP contribution in [0.15, 0.2) is 24.3 Å². The minimum atomic E-state index is -1.53. The Morgan fingerprint density at radius 3 is 2.00 bits per heavy atom. The fourth-order valence-corrected chi connectivity index (χ4v) is 13.6. The molecule has 0 aromatic heterocycles. The summed E-state index contributed by atoms with van der Waals surface area (Å²) in [7, 11) is 4.36. The summed E-state index contributed by atoms with van der Waals surface area (Å²) in [5.74, 6) is 0. The molecule has 0 heterocycles. The van der Waals surface area contributed by atoms with Gasteiger partial charge in [-0.3, -0.25) is 0 Å². The molecule has 0 atom stereocenters. The number of para-hydroxylation sites is 1. The van der Waals surface area contributed by atoms with Crippen LogP contribution in [0.3, 0.4) is 0 Å². The van der Waals surface area contributed by atoms with E-state index < -0.39 is 21.4 Å². The van der Waals surface area contributed by atoms with E-state index >= 15 is 0 Å². The normalized spacial score (nSPS) is 10.4. The Kier molecular flexibility index (Phi) is 7.88. The SMILES string of the molecule is CCC[CH2][In]([CH2]CCC)[c]1ccccc1N(C)C. The summed E-state index contributed by atoms with van der Waals surface area (Å²) in [4.78, 5) is 2.30. The van der Waals surface area contributed by atoms with Crippen molar-refractivity contribution in [1.29, 1.82) is 0 Å². The second kappa shape index (κ2) is 8.90. The predicted molar refractivity (Wildman–Crippen MR) is 85.6 cm³/mol. The van der Waals surface area contributed by atoms with E-state index in [1.54, 1.807) is 11.7 Å². The topological polar surface area (TPSA) is 3.24 Å². The molecule has 1 aromatic carbocycles. The first kappa shape index (κ1) is 15.9. The van der Waals surface area contributed by atoms with Gasteiger partial charge >= 0.3 is 122 Å². The molecular formula is C16H28InN. The average molecular weight is 349 g/mol. The van der Waals surface area contributed by atoms with Crippen molar-refractivity contribution in [3.8, 4) is 0 Å². The van der Waals surface area contributed by atoms with Crippen LogP contribution in [0.1, 0.15) is 39.5 Å². The number of hydrogen-bond acceptors (Lipinski definition) is 1. The molecule has 0 spiro atoms. The first-order chi connectivity index (χ1) is 8.70. The van der Waals surface area contributed by atoms with E-state index in [0.29, 0.717) is 0 Å². The molecule has 0 fully saturated rings. The summed E-state index contributed by atoms with van der Waals surface area (Å²) in [6.07, 6.45) is 5.58. The van der Waals surface area contributed by atoms with E-state index in [0.717, 1.165) is 0 Å². The van der Waals surface area contributed by atoms with Gasteiger partial charge in [0.25, 0.3) is 0 Å². The van der Waals surface area contributed by atoms with Gasteiger partial charge in [-0.2, -0.15) is 0 Å². The molecule has 0 amide bonds. The van der Waals surface area contributed by atoms with E-state index in [2.05, 4.69) is 57.1 Å². The van der Waals surface area contributed by atoms with Gasteiger partial charge in [-0.25, -0.2) is 0 Å². The van der Waals surface area contributed by atoms with Gasteiger partial charge in [0, 0.05) is 0 Å². The molecule has 0 aliphatic heterocycles. The van der Waals surface area contributed by atoms with Gasteiger partial charge in [0.2, 0.25) is 0 Å². The fraction of sp³-hybridized carbons (Fsp3) is 0.625. The van der Waals surface area contributed by atoms with Crippen LogP contribution >= 0.6 is 0 Å². The molecular weight excluding hydrogens is 321 g/mol. The first-order valence-electron chi connectivity index (χ1n) is 7.46. The number of hydrogen-bond donors (Lipinski definition) is 0. The Balaban J connectivity index is 2.88. The van der Waals surface area contributed by atoms with Crippen LogP contribution in [0.25, 0.3) is 0 Å². The van der Waals surface area contributed by atoms with E-state index in [1.807, 2.05) is 0 Å². The van der Waals surface area contributed by atoms with Crippen molar-refractivity contribution >= 4 is 30.4 Å². The number of nitrogens with zero attached hydrogens (tertiary/aromatic N) is 1. The van der Waals surface area contributed by atoms with Gasteiger partial charge in [-0.05, 0) is 0 Å². The summed E-state index contributed by atoms with van der Waals surface area (Å²) in [6.45, 7) is 4.64. The summed E-state index contributed by atoms with van der Waals surface area (Å²) in [5.41, 5.74) is 1.49. The Labute approximate surface area is 121 Å². The summed E-state index contributed by atoms with van der Waals surface area (Å²) in [5, 5.41) is 0. The van der Waals surface area contributed by atoms with E-state index in [1.165, 1.54) is 31.4 Å². The molecule has 0 saturated carbocycles. The maximum absolute atomic E-state index is 2.42. The molecule has 1 nitrogen and oxygen atoms in total. The zero-order chi connectivity index (χ0) is 13.4. The summed E-state index contributed by atoms with van der Waals surface area (Å²) in [6, 6.07) is 9.14. The number of unbranched alkanes of at least 4 members (excludes halogenated alkanes) is 2. The van der Waals surface area contributed by atoms with Crippen molar-refractivity contribution < 1.29 is 0 Å². The molecule has 0 aliphatic rings. The fourth-order valence-electron chi connectivity index (χ4n) is 2.60. The van der Waals surface area contributed by atoms with Crippen molar-refractivity contribution in [2.45, 2.75) is 47.9 Å². The van der Waals surface area contributed by atoms with E-state index in [9.17, 15) is 0 Å². The average Bonchev–Trinajstić information content (AvgIpc) is 2.39. The molecule has 100 valence electrons. The van der Waals surface area contributed by atoms with Gasteiger partial charge in [0.15, 0.2) is 0 Å². The standard InChI is InChI=1S/C8H10N.2C4H9.In/c1-9(2)8-6-4-3-5-7-8;2*1-3-4-2;/h3-6H,1-2H3;2*1,3-4H2,2H3;. The third-order valence-corrected chi connectivity index (χ3v) is 13.9. The molecule has 0 aliphatic carbocycles. The van der Waals surface area contributed by atoms with Crippen LogP contribution in [-0.2, 0) is 0 Å². The molecule has 2 heteroatoms. The predicted octanol–water partition coefficient (Wildman–Crippen LogP) is 4.05. The van der Waals surface area contributed by atoms with Gasteiger partial charge in [0.1, 0.15) is 0 Å². The number of anilines is 1. The quantitative estimate of drug-likeness (QED) is 0.684. The molecule has 1 aromatic rings. The van der Waals surface area contributed by atoms with Crippen LogP contribution in [-0.4, -0.2) is 35.5 Å². The molecule has 0 bridgehead atoms. The van der Waals surface area contributed by atoms with Gasteiger partial charge < -0.3 is 0 Å². The van der Waals surface area contributed by atoms with Crippen LogP contribution in [0.5, 0.6) is 0 Å².